The van der Waals surface area contributed by atoms with Crippen molar-refractivity contribution in [3.05, 3.63) is 58.3 Å². The number of aromatic nitrogens is 1. The number of fused-ring (bicyclic) bond motifs is 1. The minimum absolute atomic E-state index is 0.0710. The zero-order chi connectivity index (χ0) is 23.1. The first-order valence-corrected chi connectivity index (χ1v) is 9.42. The van der Waals surface area contributed by atoms with Crippen LogP contribution in [0, 0.1) is 21.7 Å². The third kappa shape index (κ3) is 5.37. The molecule has 170 valence electrons. The summed E-state index contributed by atoms with van der Waals surface area (Å²) >= 11 is 0. The van der Waals surface area contributed by atoms with Gasteiger partial charge in [-0.2, -0.15) is 0 Å². The standard InChI is InChI=1S/C21H20F2N2O7/c1-28-5-7-30-19-11-14-17(12-20(19)31-8-6-29-2)24-4-3-18(14)32-21-15(22)9-13(25(26)27)10-16(21)23/h3-4,9-12H,5-8H2,1-2H3. The third-order valence-electron chi connectivity index (χ3n) is 4.26. The second-order valence-electron chi connectivity index (χ2n) is 6.41. The molecule has 1 heterocycles. The summed E-state index contributed by atoms with van der Waals surface area (Å²) in [6, 6.07) is 5.75. The van der Waals surface area contributed by atoms with Gasteiger partial charge in [0.05, 0.1) is 35.8 Å². The quantitative estimate of drug-likeness (QED) is 0.243. The summed E-state index contributed by atoms with van der Waals surface area (Å²) in [6.07, 6.45) is 1.39. The maximum absolute atomic E-state index is 14.3. The summed E-state index contributed by atoms with van der Waals surface area (Å²) in [5, 5.41) is 11.2. The summed E-state index contributed by atoms with van der Waals surface area (Å²) in [5.41, 5.74) is -0.310. The van der Waals surface area contributed by atoms with Crippen LogP contribution < -0.4 is 14.2 Å². The average molecular weight is 450 g/mol. The lowest BCUT2D eigenvalue weighted by Gasteiger charge is -2.15. The monoisotopic (exact) mass is 450 g/mol. The van der Waals surface area contributed by atoms with Gasteiger partial charge in [0.25, 0.3) is 5.69 Å². The van der Waals surface area contributed by atoms with Gasteiger partial charge < -0.3 is 23.7 Å². The molecule has 9 nitrogen and oxygen atoms in total. The fourth-order valence-electron chi connectivity index (χ4n) is 2.77. The Morgan fingerprint density at radius 2 is 1.50 bits per heavy atom. The summed E-state index contributed by atoms with van der Waals surface area (Å²) in [4.78, 5) is 14.1. The van der Waals surface area contributed by atoms with E-state index in [2.05, 4.69) is 4.98 Å². The topological polar surface area (TPSA) is 102 Å². The van der Waals surface area contributed by atoms with Gasteiger partial charge in [-0.25, -0.2) is 8.78 Å². The van der Waals surface area contributed by atoms with Gasteiger partial charge >= 0.3 is 0 Å². The second-order valence-corrected chi connectivity index (χ2v) is 6.41. The first-order chi connectivity index (χ1) is 15.4. The highest BCUT2D eigenvalue weighted by molar-refractivity contribution is 5.88. The Hall–Kier alpha value is -3.57. The Morgan fingerprint density at radius 1 is 0.906 bits per heavy atom. The van der Waals surface area contributed by atoms with Crippen molar-refractivity contribution >= 4 is 16.6 Å². The molecule has 0 fully saturated rings. The third-order valence-corrected chi connectivity index (χ3v) is 4.26. The summed E-state index contributed by atoms with van der Waals surface area (Å²) < 4.78 is 55.5. The molecule has 2 aromatic carbocycles. The van der Waals surface area contributed by atoms with Crippen molar-refractivity contribution in [1.29, 1.82) is 0 Å². The molecule has 0 saturated carbocycles. The molecule has 0 atom stereocenters. The van der Waals surface area contributed by atoms with Gasteiger partial charge in [0, 0.05) is 31.9 Å². The number of rotatable bonds is 11. The lowest BCUT2D eigenvalue weighted by Crippen LogP contribution is -2.08. The van der Waals surface area contributed by atoms with Gasteiger partial charge in [0.1, 0.15) is 19.0 Å². The molecule has 0 spiro atoms. The van der Waals surface area contributed by atoms with E-state index in [9.17, 15) is 18.9 Å². The normalized spacial score (nSPS) is 10.9. The van der Waals surface area contributed by atoms with Crippen molar-refractivity contribution in [1.82, 2.24) is 4.98 Å². The molecule has 0 N–H and O–H groups in total. The van der Waals surface area contributed by atoms with Gasteiger partial charge in [0.15, 0.2) is 28.9 Å². The van der Waals surface area contributed by atoms with Crippen LogP contribution in [-0.4, -0.2) is 50.6 Å². The van der Waals surface area contributed by atoms with Crippen LogP contribution in [0.5, 0.6) is 23.0 Å². The fraction of sp³-hybridized carbons (Fsp3) is 0.286. The number of halogens is 2. The Labute approximate surface area is 181 Å². The number of pyridine rings is 1. The number of nitro groups is 1. The molecule has 11 heteroatoms. The van der Waals surface area contributed by atoms with Crippen molar-refractivity contribution in [2.24, 2.45) is 0 Å². The van der Waals surface area contributed by atoms with Crippen LogP contribution >= 0.6 is 0 Å². The molecule has 0 aliphatic carbocycles. The van der Waals surface area contributed by atoms with Crippen molar-refractivity contribution in [3.8, 4) is 23.0 Å². The molecule has 3 rings (SSSR count). The summed E-state index contributed by atoms with van der Waals surface area (Å²) in [6.45, 7) is 1.17. The first-order valence-electron chi connectivity index (χ1n) is 9.42. The van der Waals surface area contributed by atoms with E-state index in [0.717, 1.165) is 0 Å². The van der Waals surface area contributed by atoms with Crippen LogP contribution in [0.4, 0.5) is 14.5 Å². The number of nitrogens with zero attached hydrogens (tertiary/aromatic N) is 2. The minimum Gasteiger partial charge on any atom is -0.487 e. The smallest absolute Gasteiger partial charge is 0.275 e. The van der Waals surface area contributed by atoms with E-state index in [1.165, 1.54) is 19.4 Å². The Morgan fingerprint density at radius 3 is 2.06 bits per heavy atom. The zero-order valence-electron chi connectivity index (χ0n) is 17.3. The number of nitro benzene ring substituents is 1. The maximum Gasteiger partial charge on any atom is 0.275 e. The molecule has 3 aromatic rings. The molecule has 0 aliphatic heterocycles. The van der Waals surface area contributed by atoms with Gasteiger partial charge in [-0.3, -0.25) is 15.1 Å². The van der Waals surface area contributed by atoms with Gasteiger partial charge in [0.2, 0.25) is 0 Å². The first kappa shape index (κ1) is 23.1. The highest BCUT2D eigenvalue weighted by Gasteiger charge is 2.20. The number of ether oxygens (including phenoxy) is 5. The number of hydrogen-bond donors (Lipinski definition) is 0. The SMILES string of the molecule is COCCOc1cc2nccc(Oc3c(F)cc([N+](=O)[O-])cc3F)c2cc1OCCOC. The Balaban J connectivity index is 2.01. The molecule has 0 radical (unpaired) electrons. The van der Waals surface area contributed by atoms with E-state index < -0.39 is 28.0 Å². The average Bonchev–Trinajstić information content (AvgIpc) is 2.76. The molecule has 0 aliphatic rings. The predicted octanol–water partition coefficient (Wildman–Crippen LogP) is 4.26. The maximum atomic E-state index is 14.3. The van der Waals surface area contributed by atoms with Crippen LogP contribution in [0.2, 0.25) is 0 Å². The van der Waals surface area contributed by atoms with E-state index in [4.69, 9.17) is 23.7 Å². The number of hydrogen-bond acceptors (Lipinski definition) is 8. The molecule has 0 unspecified atom stereocenters. The zero-order valence-corrected chi connectivity index (χ0v) is 17.3. The Bertz CT molecular complexity index is 1090. The second kappa shape index (κ2) is 10.6. The van der Waals surface area contributed by atoms with Gasteiger partial charge in [-0.05, 0) is 12.1 Å². The number of methoxy groups -OCH3 is 2. The lowest BCUT2D eigenvalue weighted by atomic mass is 10.1. The van der Waals surface area contributed by atoms with E-state index in [0.29, 0.717) is 47.7 Å². The molecular weight excluding hydrogens is 430 g/mol. The molecule has 1 aromatic heterocycles. The lowest BCUT2D eigenvalue weighted by molar-refractivity contribution is -0.385. The highest BCUT2D eigenvalue weighted by atomic mass is 19.1. The molecule has 32 heavy (non-hydrogen) atoms. The molecule has 0 amide bonds. The Kier molecular flexibility index (Phi) is 7.68. The van der Waals surface area contributed by atoms with Crippen LogP contribution in [0.25, 0.3) is 10.9 Å². The molecule has 0 saturated heterocycles. The van der Waals surface area contributed by atoms with Crippen molar-refractivity contribution in [3.63, 3.8) is 0 Å². The van der Waals surface area contributed by atoms with Crippen LogP contribution in [-0.2, 0) is 9.47 Å². The van der Waals surface area contributed by atoms with Crippen LogP contribution in [0.3, 0.4) is 0 Å². The highest BCUT2D eigenvalue weighted by Crippen LogP contribution is 2.39. The van der Waals surface area contributed by atoms with Crippen molar-refractivity contribution in [2.75, 3.05) is 40.6 Å². The van der Waals surface area contributed by atoms with Gasteiger partial charge in [-0.15, -0.1) is 0 Å². The van der Waals surface area contributed by atoms with E-state index >= 15 is 0 Å². The summed E-state index contributed by atoms with van der Waals surface area (Å²) in [7, 11) is 3.07. The minimum atomic E-state index is -1.21. The van der Waals surface area contributed by atoms with Crippen LogP contribution in [0.15, 0.2) is 36.5 Å². The molecule has 0 bridgehead atoms. The fourth-order valence-corrected chi connectivity index (χ4v) is 2.77. The van der Waals surface area contributed by atoms with Crippen molar-refractivity contribution < 1.29 is 37.4 Å². The number of non-ortho nitro benzene ring substituents is 1. The predicted molar refractivity (Wildman–Crippen MR) is 110 cm³/mol. The van der Waals surface area contributed by atoms with Crippen LogP contribution in [0.1, 0.15) is 0 Å². The van der Waals surface area contributed by atoms with E-state index in [1.54, 1.807) is 19.2 Å². The van der Waals surface area contributed by atoms with Crippen molar-refractivity contribution in [2.45, 2.75) is 0 Å². The van der Waals surface area contributed by atoms with Gasteiger partial charge in [-0.1, -0.05) is 0 Å². The largest absolute Gasteiger partial charge is 0.487 e. The van der Waals surface area contributed by atoms with E-state index in [1.807, 2.05) is 0 Å². The molecular formula is C21H20F2N2O7. The summed E-state index contributed by atoms with van der Waals surface area (Å²) in [5.74, 6) is -2.39. The number of benzene rings is 2. The van der Waals surface area contributed by atoms with E-state index in [-0.39, 0.29) is 19.0 Å².